The third kappa shape index (κ3) is 3.21. The van der Waals surface area contributed by atoms with E-state index < -0.39 is 34.6 Å². The third-order valence-electron chi connectivity index (χ3n) is 4.15. The molecule has 1 saturated heterocycles. The van der Waals surface area contributed by atoms with Gasteiger partial charge in [-0.3, -0.25) is 19.7 Å². The molecule has 7 nitrogen and oxygen atoms in total. The highest BCUT2D eigenvalue weighted by atomic mass is 16.3. The number of barbiturate groups is 1. The van der Waals surface area contributed by atoms with Gasteiger partial charge in [-0.15, -0.1) is 0 Å². The Bertz CT molecular complexity index is 693. The Balaban J connectivity index is 2.28. The number of aliphatic hydroxyl groups is 1. The Hall–Kier alpha value is -2.54. The van der Waals surface area contributed by atoms with Gasteiger partial charge in [-0.05, 0) is 39.3 Å². The van der Waals surface area contributed by atoms with Gasteiger partial charge in [-0.1, -0.05) is 18.2 Å². The summed E-state index contributed by atoms with van der Waals surface area (Å²) in [6.07, 6.45) is -0.257. The lowest BCUT2D eigenvalue weighted by atomic mass is 9.79. The second-order valence-electron chi connectivity index (χ2n) is 6.55. The van der Waals surface area contributed by atoms with Crippen molar-refractivity contribution in [3.8, 4) is 0 Å². The van der Waals surface area contributed by atoms with Gasteiger partial charge in [0.15, 0.2) is 5.78 Å². The number of anilines is 1. The van der Waals surface area contributed by atoms with Crippen LogP contribution in [0.25, 0.3) is 0 Å². The van der Waals surface area contributed by atoms with Crippen molar-refractivity contribution in [3.63, 3.8) is 0 Å². The van der Waals surface area contributed by atoms with Crippen LogP contribution >= 0.6 is 0 Å². The molecule has 0 aromatic heterocycles. The topological polar surface area (TPSA) is 104 Å². The number of urea groups is 1. The average molecular weight is 332 g/mol. The Morgan fingerprint density at radius 2 is 1.79 bits per heavy atom. The second-order valence-corrected chi connectivity index (χ2v) is 6.55. The number of carbonyl (C=O) groups is 4. The second kappa shape index (κ2) is 6.16. The number of benzene rings is 1. The van der Waals surface area contributed by atoms with Gasteiger partial charge >= 0.3 is 6.03 Å². The van der Waals surface area contributed by atoms with Crippen molar-refractivity contribution >= 4 is 29.3 Å². The summed E-state index contributed by atoms with van der Waals surface area (Å²) < 4.78 is 0. The van der Waals surface area contributed by atoms with E-state index in [9.17, 15) is 24.3 Å². The van der Waals surface area contributed by atoms with Gasteiger partial charge < -0.3 is 5.11 Å². The summed E-state index contributed by atoms with van der Waals surface area (Å²) in [6.45, 7) is 4.09. The van der Waals surface area contributed by atoms with E-state index in [1.54, 1.807) is 30.3 Å². The Morgan fingerprint density at radius 1 is 1.21 bits per heavy atom. The molecule has 1 aromatic rings. The van der Waals surface area contributed by atoms with Crippen LogP contribution in [0.2, 0.25) is 0 Å². The molecule has 0 radical (unpaired) electrons. The number of carbonyl (C=O) groups excluding carboxylic acids is 4. The molecular weight excluding hydrogens is 312 g/mol. The molecule has 24 heavy (non-hydrogen) atoms. The maximum absolute atomic E-state index is 12.8. The number of imide groups is 2. The van der Waals surface area contributed by atoms with Crippen molar-refractivity contribution in [2.24, 2.45) is 5.41 Å². The lowest BCUT2D eigenvalue weighted by Gasteiger charge is -2.37. The van der Waals surface area contributed by atoms with E-state index in [0.717, 1.165) is 4.90 Å². The van der Waals surface area contributed by atoms with Crippen molar-refractivity contribution < 1.29 is 24.3 Å². The minimum atomic E-state index is -1.56. The maximum atomic E-state index is 12.8. The Labute approximate surface area is 139 Å². The zero-order valence-corrected chi connectivity index (χ0v) is 13.8. The number of rotatable bonds is 5. The van der Waals surface area contributed by atoms with Crippen molar-refractivity contribution in [1.29, 1.82) is 0 Å². The van der Waals surface area contributed by atoms with Crippen LogP contribution in [0.4, 0.5) is 10.5 Å². The number of Topliss-reactive ketones (excluding diaryl/α,β-unsaturated/α-hetero) is 1. The normalized spacial score (nSPS) is 21.7. The summed E-state index contributed by atoms with van der Waals surface area (Å²) in [6, 6.07) is 7.42. The minimum absolute atomic E-state index is 0.100. The maximum Gasteiger partial charge on any atom is 0.335 e. The molecule has 1 fully saturated rings. The van der Waals surface area contributed by atoms with Gasteiger partial charge in [0.05, 0.1) is 5.69 Å². The lowest BCUT2D eigenvalue weighted by molar-refractivity contribution is -0.143. The van der Waals surface area contributed by atoms with Gasteiger partial charge in [0.2, 0.25) is 5.91 Å². The standard InChI is InChI=1S/C17H20N2O5/c1-16(2,24)12(20)9-10-17(3)13(21)18-15(23)19(14(17)22)11-7-5-4-6-8-11/h4-8,24H,9-10H2,1-3H3,(H,18,21,23)/t17-/m0/s1. The predicted octanol–water partition coefficient (Wildman–Crippen LogP) is 1.40. The number of hydrogen-bond donors (Lipinski definition) is 2. The molecule has 0 spiro atoms. The molecule has 4 amide bonds. The molecule has 1 atom stereocenters. The van der Waals surface area contributed by atoms with Crippen LogP contribution in [0, 0.1) is 5.41 Å². The zero-order chi connectivity index (χ0) is 18.1. The molecule has 0 aliphatic carbocycles. The third-order valence-corrected chi connectivity index (χ3v) is 4.15. The number of hydrogen-bond acceptors (Lipinski definition) is 5. The van der Waals surface area contributed by atoms with Crippen LogP contribution in [0.15, 0.2) is 30.3 Å². The van der Waals surface area contributed by atoms with Gasteiger partial charge in [0.1, 0.15) is 11.0 Å². The Morgan fingerprint density at radius 3 is 2.33 bits per heavy atom. The van der Waals surface area contributed by atoms with Crippen molar-refractivity contribution in [3.05, 3.63) is 30.3 Å². The number of ketones is 1. The number of amides is 4. The summed E-state index contributed by atoms with van der Waals surface area (Å²) in [7, 11) is 0. The first-order valence-corrected chi connectivity index (χ1v) is 7.58. The Kier molecular flexibility index (Phi) is 4.57. The molecule has 0 saturated carbocycles. The number of nitrogens with zero attached hydrogens (tertiary/aromatic N) is 1. The SMILES string of the molecule is CC(C)(O)C(=O)CC[C@@]1(C)C(=O)NC(=O)N(c2ccccc2)C1=O. The van der Waals surface area contributed by atoms with E-state index in [-0.39, 0.29) is 12.8 Å². The van der Waals surface area contributed by atoms with E-state index in [4.69, 9.17) is 0 Å². The molecule has 128 valence electrons. The molecule has 1 aliphatic rings. The first kappa shape index (κ1) is 17.8. The molecule has 2 N–H and O–H groups in total. The molecular formula is C17H20N2O5. The fraction of sp³-hybridized carbons (Fsp3) is 0.412. The van der Waals surface area contributed by atoms with E-state index in [1.807, 2.05) is 0 Å². The molecule has 1 heterocycles. The molecule has 1 aliphatic heterocycles. The monoisotopic (exact) mass is 332 g/mol. The highest BCUT2D eigenvalue weighted by Crippen LogP contribution is 2.33. The van der Waals surface area contributed by atoms with Crippen LogP contribution in [0.1, 0.15) is 33.6 Å². The van der Waals surface area contributed by atoms with Crippen molar-refractivity contribution in [1.82, 2.24) is 5.32 Å². The smallest absolute Gasteiger partial charge is 0.335 e. The van der Waals surface area contributed by atoms with Crippen LogP contribution in [0.3, 0.4) is 0 Å². The van der Waals surface area contributed by atoms with E-state index in [2.05, 4.69) is 5.32 Å². The summed E-state index contributed by atoms with van der Waals surface area (Å²) >= 11 is 0. The van der Waals surface area contributed by atoms with Gasteiger partial charge in [-0.2, -0.15) is 0 Å². The lowest BCUT2D eigenvalue weighted by Crippen LogP contribution is -2.63. The van der Waals surface area contributed by atoms with Gasteiger partial charge in [-0.25, -0.2) is 9.69 Å². The first-order valence-electron chi connectivity index (χ1n) is 7.58. The van der Waals surface area contributed by atoms with Crippen molar-refractivity contribution in [2.45, 2.75) is 39.2 Å². The number of nitrogens with one attached hydrogen (secondary N) is 1. The van der Waals surface area contributed by atoms with Crippen LogP contribution < -0.4 is 10.2 Å². The predicted molar refractivity (Wildman–Crippen MR) is 86.1 cm³/mol. The first-order chi connectivity index (χ1) is 11.1. The summed E-state index contributed by atoms with van der Waals surface area (Å²) in [5, 5.41) is 11.9. The fourth-order valence-corrected chi connectivity index (χ4v) is 2.43. The van der Waals surface area contributed by atoms with Crippen molar-refractivity contribution in [2.75, 3.05) is 4.90 Å². The van der Waals surface area contributed by atoms with E-state index in [0.29, 0.717) is 5.69 Å². The van der Waals surface area contributed by atoms with Crippen LogP contribution in [-0.2, 0) is 14.4 Å². The minimum Gasteiger partial charge on any atom is -0.383 e. The summed E-state index contributed by atoms with van der Waals surface area (Å²) in [5.74, 6) is -1.91. The summed E-state index contributed by atoms with van der Waals surface area (Å²) in [5.41, 5.74) is -2.77. The molecule has 0 bridgehead atoms. The van der Waals surface area contributed by atoms with Crippen LogP contribution in [-0.4, -0.2) is 34.3 Å². The number of para-hydroxylation sites is 1. The van der Waals surface area contributed by atoms with E-state index in [1.165, 1.54) is 20.8 Å². The summed E-state index contributed by atoms with van der Waals surface area (Å²) in [4.78, 5) is 49.9. The van der Waals surface area contributed by atoms with Gasteiger partial charge in [0.25, 0.3) is 5.91 Å². The zero-order valence-electron chi connectivity index (χ0n) is 13.8. The molecule has 1 aromatic carbocycles. The van der Waals surface area contributed by atoms with Crippen LogP contribution in [0.5, 0.6) is 0 Å². The molecule has 2 rings (SSSR count). The largest absolute Gasteiger partial charge is 0.383 e. The molecule has 7 heteroatoms. The van der Waals surface area contributed by atoms with E-state index >= 15 is 0 Å². The average Bonchev–Trinajstić information content (AvgIpc) is 2.51. The fourth-order valence-electron chi connectivity index (χ4n) is 2.43. The van der Waals surface area contributed by atoms with Gasteiger partial charge in [0, 0.05) is 6.42 Å². The molecule has 0 unspecified atom stereocenters. The highest BCUT2D eigenvalue weighted by Gasteiger charge is 2.51. The highest BCUT2D eigenvalue weighted by molar-refractivity contribution is 6.29. The quantitative estimate of drug-likeness (QED) is 0.793.